The average molecular weight is 700 g/mol. The zero-order valence-corrected chi connectivity index (χ0v) is 29.8. The molecule has 264 valence electrons. The van der Waals surface area contributed by atoms with Crippen LogP contribution in [0.2, 0.25) is 5.02 Å². The summed E-state index contributed by atoms with van der Waals surface area (Å²) in [5, 5.41) is 11.7. The molecular formula is C38H47ClFN9O. The number of halogens is 2. The van der Waals surface area contributed by atoms with E-state index in [0.29, 0.717) is 39.9 Å². The molecule has 0 amide bonds. The summed E-state index contributed by atoms with van der Waals surface area (Å²) in [5.74, 6) is 0.976. The summed E-state index contributed by atoms with van der Waals surface area (Å²) in [4.78, 5) is 27.7. The Labute approximate surface area is 297 Å². The molecule has 12 heteroatoms. The molecule has 4 heterocycles. The van der Waals surface area contributed by atoms with Crippen LogP contribution in [-0.2, 0) is 13.0 Å². The maximum Gasteiger partial charge on any atom is 0.354 e. The molecular weight excluding hydrogens is 653 g/mol. The normalized spacial score (nSPS) is 17.3. The standard InChI is InChI=1S/C38H47ClFN9O/c1-24(41)6-4-7-27-20-32(36(40)33(39)21-27)34-22-29-23-49(38(50)46-37(29)45-34)31-12-10-28(11-13-31)35-9-5-8-30(14-15-43-25(2)42)48(35)19-18-47-17-16-44-26(47)3/h10-13,16-17,20-24,30,35H,4-9,14-15,18-19,41H2,1-3H3,(H2,42,43)(H,45,46,50)/t24-,30-,35-/m0/s1. The van der Waals surface area contributed by atoms with E-state index in [2.05, 4.69) is 41.9 Å². The van der Waals surface area contributed by atoms with Crippen molar-refractivity contribution in [2.24, 2.45) is 5.73 Å². The number of rotatable bonds is 13. The molecule has 0 spiro atoms. The fraction of sp³-hybridized carbons (Fsp3) is 0.421. The summed E-state index contributed by atoms with van der Waals surface area (Å²) < 4.78 is 19.0. The van der Waals surface area contributed by atoms with Crippen molar-refractivity contribution in [2.45, 2.75) is 90.4 Å². The topological polar surface area (TPSA) is 134 Å². The predicted molar refractivity (Wildman–Crippen MR) is 199 cm³/mol. The fourth-order valence-corrected chi connectivity index (χ4v) is 7.47. The summed E-state index contributed by atoms with van der Waals surface area (Å²) in [7, 11) is 0. The van der Waals surface area contributed by atoms with Crippen molar-refractivity contribution >= 4 is 28.5 Å². The summed E-state index contributed by atoms with van der Waals surface area (Å²) in [6.07, 6.45) is 12.3. The zero-order chi connectivity index (χ0) is 35.4. The highest BCUT2D eigenvalue weighted by Crippen LogP contribution is 2.36. The Morgan fingerprint density at radius 3 is 2.72 bits per heavy atom. The van der Waals surface area contributed by atoms with Crippen LogP contribution in [0.3, 0.4) is 0 Å². The number of nitrogens with one attached hydrogen (secondary N) is 3. The van der Waals surface area contributed by atoms with Gasteiger partial charge in [-0.3, -0.25) is 14.9 Å². The molecule has 0 radical (unpaired) electrons. The van der Waals surface area contributed by atoms with E-state index in [4.69, 9.17) is 22.7 Å². The SMILES string of the molecule is CC(=N)NCC[C@@H]1CCC[C@@H](c2ccc(-n3cc4cc(-c5cc(CCC[C@H](C)N)cc(Cl)c5F)[nH]c4nc3=O)cc2)N1CCn1ccnc1C. The van der Waals surface area contributed by atoms with Gasteiger partial charge in [0.15, 0.2) is 5.82 Å². The molecule has 5 N–H and O–H groups in total. The second-order valence-corrected chi connectivity index (χ2v) is 14.0. The van der Waals surface area contributed by atoms with Gasteiger partial charge in [0.05, 0.1) is 22.2 Å². The summed E-state index contributed by atoms with van der Waals surface area (Å²) in [6.45, 7) is 8.28. The van der Waals surface area contributed by atoms with Gasteiger partial charge in [-0.2, -0.15) is 4.98 Å². The number of piperidine rings is 1. The largest absolute Gasteiger partial charge is 0.374 e. The van der Waals surface area contributed by atoms with E-state index in [0.717, 1.165) is 76.0 Å². The number of aryl methyl sites for hydroxylation is 2. The molecule has 0 aliphatic carbocycles. The molecule has 3 atom stereocenters. The van der Waals surface area contributed by atoms with Crippen LogP contribution in [-0.4, -0.2) is 60.0 Å². The highest BCUT2D eigenvalue weighted by Gasteiger charge is 2.31. The molecule has 1 saturated heterocycles. The van der Waals surface area contributed by atoms with Crippen LogP contribution in [0.15, 0.2) is 65.8 Å². The van der Waals surface area contributed by atoms with Crippen molar-refractivity contribution in [3.63, 3.8) is 0 Å². The Morgan fingerprint density at radius 2 is 2.00 bits per heavy atom. The highest BCUT2D eigenvalue weighted by atomic mass is 35.5. The first-order valence-corrected chi connectivity index (χ1v) is 17.9. The molecule has 0 saturated carbocycles. The highest BCUT2D eigenvalue weighted by molar-refractivity contribution is 6.31. The third-order valence-corrected chi connectivity index (χ3v) is 10.1. The molecule has 6 rings (SSSR count). The number of fused-ring (bicyclic) bond motifs is 1. The molecule has 2 aromatic carbocycles. The lowest BCUT2D eigenvalue weighted by Gasteiger charge is -2.43. The van der Waals surface area contributed by atoms with Gasteiger partial charge in [-0.15, -0.1) is 0 Å². The van der Waals surface area contributed by atoms with Gasteiger partial charge in [0.2, 0.25) is 0 Å². The van der Waals surface area contributed by atoms with Gasteiger partial charge in [-0.1, -0.05) is 23.7 Å². The fourth-order valence-electron chi connectivity index (χ4n) is 7.22. The maximum atomic E-state index is 15.3. The van der Waals surface area contributed by atoms with Crippen molar-refractivity contribution in [1.82, 2.24) is 34.3 Å². The number of aromatic amines is 1. The number of amidine groups is 1. The molecule has 10 nitrogen and oxygen atoms in total. The number of aromatic nitrogens is 5. The van der Waals surface area contributed by atoms with Gasteiger partial charge >= 0.3 is 5.69 Å². The zero-order valence-electron chi connectivity index (χ0n) is 29.1. The predicted octanol–water partition coefficient (Wildman–Crippen LogP) is 6.92. The summed E-state index contributed by atoms with van der Waals surface area (Å²) in [5.41, 5.74) is 9.57. The molecule has 1 fully saturated rings. The number of imidazole rings is 1. The molecule has 50 heavy (non-hydrogen) atoms. The van der Waals surface area contributed by atoms with E-state index in [-0.39, 0.29) is 17.1 Å². The van der Waals surface area contributed by atoms with Crippen molar-refractivity contribution < 1.29 is 4.39 Å². The molecule has 1 aliphatic heterocycles. The number of benzene rings is 2. The van der Waals surface area contributed by atoms with E-state index in [1.807, 2.05) is 44.4 Å². The van der Waals surface area contributed by atoms with Crippen LogP contribution in [0.5, 0.6) is 0 Å². The van der Waals surface area contributed by atoms with Gasteiger partial charge in [-0.25, -0.2) is 14.2 Å². The first-order chi connectivity index (χ1) is 24.1. The quantitative estimate of drug-likeness (QED) is 0.0779. The Hall–Kier alpha value is -4.32. The van der Waals surface area contributed by atoms with E-state index in [9.17, 15) is 4.79 Å². The van der Waals surface area contributed by atoms with Crippen molar-refractivity contribution in [2.75, 3.05) is 13.1 Å². The lowest BCUT2D eigenvalue weighted by Crippen LogP contribution is -2.45. The van der Waals surface area contributed by atoms with Crippen LogP contribution in [0, 0.1) is 18.2 Å². The Balaban J connectivity index is 1.24. The lowest BCUT2D eigenvalue weighted by atomic mass is 9.89. The number of nitrogens with zero attached hydrogens (tertiary/aromatic N) is 5. The third kappa shape index (κ3) is 8.17. The summed E-state index contributed by atoms with van der Waals surface area (Å²) >= 11 is 6.31. The van der Waals surface area contributed by atoms with E-state index >= 15 is 4.39 Å². The van der Waals surface area contributed by atoms with Gasteiger partial charge < -0.3 is 20.6 Å². The minimum Gasteiger partial charge on any atom is -0.374 e. The number of nitrogens with two attached hydrogens (primary N) is 1. The maximum absolute atomic E-state index is 15.3. The van der Waals surface area contributed by atoms with Crippen LogP contribution in [0.1, 0.15) is 75.4 Å². The van der Waals surface area contributed by atoms with Crippen molar-refractivity contribution in [3.8, 4) is 16.9 Å². The van der Waals surface area contributed by atoms with Gasteiger partial charge in [0.1, 0.15) is 11.5 Å². The first-order valence-electron chi connectivity index (χ1n) is 17.6. The third-order valence-electron chi connectivity index (χ3n) is 9.84. The minimum atomic E-state index is -0.514. The van der Waals surface area contributed by atoms with Crippen LogP contribution in [0.4, 0.5) is 4.39 Å². The van der Waals surface area contributed by atoms with Gasteiger partial charge in [0, 0.05) is 67.3 Å². The number of H-pyrrole nitrogens is 1. The molecule has 0 unspecified atom stereocenters. The van der Waals surface area contributed by atoms with E-state index in [1.54, 1.807) is 25.3 Å². The van der Waals surface area contributed by atoms with Crippen LogP contribution >= 0.6 is 11.6 Å². The number of likely N-dealkylation sites (tertiary alicyclic amines) is 1. The van der Waals surface area contributed by atoms with Crippen molar-refractivity contribution in [1.29, 1.82) is 5.41 Å². The average Bonchev–Trinajstić information content (AvgIpc) is 3.69. The van der Waals surface area contributed by atoms with Crippen molar-refractivity contribution in [3.05, 3.63) is 99.3 Å². The Bertz CT molecular complexity index is 2000. The second-order valence-electron chi connectivity index (χ2n) is 13.6. The molecule has 1 aliphatic rings. The van der Waals surface area contributed by atoms with E-state index < -0.39 is 11.5 Å². The minimum absolute atomic E-state index is 0.0578. The number of hydrogen-bond acceptors (Lipinski definition) is 6. The van der Waals surface area contributed by atoms with E-state index in [1.165, 1.54) is 10.1 Å². The Morgan fingerprint density at radius 1 is 1.20 bits per heavy atom. The lowest BCUT2D eigenvalue weighted by molar-refractivity contribution is 0.0734. The molecule has 3 aromatic heterocycles. The van der Waals surface area contributed by atoms with Gasteiger partial charge in [0.25, 0.3) is 0 Å². The number of hydrogen-bond donors (Lipinski definition) is 4. The first kappa shape index (κ1) is 35.5. The van der Waals surface area contributed by atoms with Crippen LogP contribution in [0.25, 0.3) is 28.0 Å². The van der Waals surface area contributed by atoms with Crippen LogP contribution < -0.4 is 16.7 Å². The monoisotopic (exact) mass is 699 g/mol. The molecule has 5 aromatic rings. The Kier molecular flexibility index (Phi) is 11.2. The molecule has 0 bridgehead atoms. The summed E-state index contributed by atoms with van der Waals surface area (Å²) in [6, 6.07) is 14.2. The second kappa shape index (κ2) is 15.7. The van der Waals surface area contributed by atoms with Gasteiger partial charge in [-0.05, 0) is 107 Å². The smallest absolute Gasteiger partial charge is 0.354 e.